The van der Waals surface area contributed by atoms with Gasteiger partial charge in [-0.1, -0.05) is 13.8 Å². The fourth-order valence-corrected chi connectivity index (χ4v) is 2.00. The molecule has 0 saturated heterocycles. The van der Waals surface area contributed by atoms with Gasteiger partial charge in [-0.05, 0) is 12.8 Å². The van der Waals surface area contributed by atoms with Crippen molar-refractivity contribution in [2.24, 2.45) is 0 Å². The average molecular weight is 283 g/mol. The van der Waals surface area contributed by atoms with Crippen molar-refractivity contribution in [3.8, 4) is 0 Å². The van der Waals surface area contributed by atoms with E-state index in [9.17, 15) is 13.6 Å². The van der Waals surface area contributed by atoms with Gasteiger partial charge in [-0.3, -0.25) is 0 Å². The third-order valence-electron chi connectivity index (χ3n) is 2.81. The summed E-state index contributed by atoms with van der Waals surface area (Å²) in [6.07, 6.45) is -1.33. The van der Waals surface area contributed by atoms with Crippen LogP contribution in [0.5, 0.6) is 0 Å². The summed E-state index contributed by atoms with van der Waals surface area (Å²) in [5.74, 6) is -0.620. The molecule has 0 atom stereocenters. The van der Waals surface area contributed by atoms with Crippen LogP contribution in [-0.4, -0.2) is 27.2 Å². The zero-order valence-electron chi connectivity index (χ0n) is 11.4. The molecule has 20 heavy (non-hydrogen) atoms. The van der Waals surface area contributed by atoms with Crippen LogP contribution in [0.2, 0.25) is 0 Å². The number of rotatable bonds is 4. The molecule has 2 rings (SSSR count). The molecule has 5 nitrogen and oxygen atoms in total. The number of fused-ring (bicyclic) bond motifs is 1. The fraction of sp³-hybridized carbons (Fsp3) is 0.462. The van der Waals surface area contributed by atoms with Crippen LogP contribution in [0.3, 0.4) is 0 Å². The van der Waals surface area contributed by atoms with Gasteiger partial charge in [0.25, 0.3) is 6.43 Å². The lowest BCUT2D eigenvalue weighted by Gasteiger charge is -2.13. The van der Waals surface area contributed by atoms with Crippen LogP contribution in [0.4, 0.5) is 8.78 Å². The SMILES string of the molecule is CCOC(=O)c1cnc2cc(C(F)F)nn2c1C(C)C. The summed E-state index contributed by atoms with van der Waals surface area (Å²) in [5.41, 5.74) is 0.691. The van der Waals surface area contributed by atoms with Crippen molar-refractivity contribution in [1.29, 1.82) is 0 Å². The van der Waals surface area contributed by atoms with Gasteiger partial charge in [0.2, 0.25) is 0 Å². The lowest BCUT2D eigenvalue weighted by Crippen LogP contribution is -2.14. The van der Waals surface area contributed by atoms with Crippen molar-refractivity contribution in [3.63, 3.8) is 0 Å². The molecule has 0 aromatic carbocycles. The predicted octanol–water partition coefficient (Wildman–Crippen LogP) is 2.97. The fourth-order valence-electron chi connectivity index (χ4n) is 2.00. The smallest absolute Gasteiger partial charge is 0.341 e. The molecule has 0 aliphatic heterocycles. The predicted molar refractivity (Wildman–Crippen MR) is 68.0 cm³/mol. The maximum absolute atomic E-state index is 12.7. The van der Waals surface area contributed by atoms with E-state index >= 15 is 0 Å². The van der Waals surface area contributed by atoms with E-state index in [1.807, 2.05) is 13.8 Å². The van der Waals surface area contributed by atoms with Crippen LogP contribution < -0.4 is 0 Å². The van der Waals surface area contributed by atoms with Crippen molar-refractivity contribution in [1.82, 2.24) is 14.6 Å². The molecule has 108 valence electrons. The molecular formula is C13H15F2N3O2. The van der Waals surface area contributed by atoms with E-state index in [4.69, 9.17) is 4.74 Å². The number of carbonyl (C=O) groups is 1. The van der Waals surface area contributed by atoms with Crippen LogP contribution in [-0.2, 0) is 4.74 Å². The summed E-state index contributed by atoms with van der Waals surface area (Å²) >= 11 is 0. The van der Waals surface area contributed by atoms with Gasteiger partial charge in [0.1, 0.15) is 5.69 Å². The lowest BCUT2D eigenvalue weighted by molar-refractivity contribution is 0.0523. The monoisotopic (exact) mass is 283 g/mol. The molecule has 0 amide bonds. The molecule has 0 saturated carbocycles. The minimum absolute atomic E-state index is 0.0923. The Labute approximate surface area is 114 Å². The molecule has 0 radical (unpaired) electrons. The Bertz CT molecular complexity index is 638. The number of hydrogen-bond donors (Lipinski definition) is 0. The quantitative estimate of drug-likeness (QED) is 0.809. The minimum Gasteiger partial charge on any atom is -0.462 e. The van der Waals surface area contributed by atoms with Crippen LogP contribution in [0.1, 0.15) is 54.9 Å². The summed E-state index contributed by atoms with van der Waals surface area (Å²) in [5, 5.41) is 3.83. The maximum Gasteiger partial charge on any atom is 0.341 e. The van der Waals surface area contributed by atoms with E-state index in [1.54, 1.807) is 6.92 Å². The Balaban J connectivity index is 2.65. The Morgan fingerprint density at radius 1 is 1.45 bits per heavy atom. The third kappa shape index (κ3) is 2.48. The van der Waals surface area contributed by atoms with Crippen molar-refractivity contribution >= 4 is 11.6 Å². The Kier molecular flexibility index (Phi) is 3.96. The molecule has 2 aromatic rings. The van der Waals surface area contributed by atoms with E-state index in [2.05, 4.69) is 10.1 Å². The van der Waals surface area contributed by atoms with Crippen molar-refractivity contribution in [2.45, 2.75) is 33.1 Å². The summed E-state index contributed by atoms with van der Waals surface area (Å²) in [6, 6.07) is 1.21. The molecular weight excluding hydrogens is 268 g/mol. The summed E-state index contributed by atoms with van der Waals surface area (Å²) in [7, 11) is 0. The average Bonchev–Trinajstić information content (AvgIpc) is 2.81. The Hall–Kier alpha value is -2.05. The van der Waals surface area contributed by atoms with Crippen LogP contribution in [0.15, 0.2) is 12.3 Å². The van der Waals surface area contributed by atoms with Crippen LogP contribution >= 0.6 is 0 Å². The van der Waals surface area contributed by atoms with Crippen LogP contribution in [0, 0.1) is 0 Å². The van der Waals surface area contributed by atoms with Crippen molar-refractivity contribution in [3.05, 3.63) is 29.2 Å². The Morgan fingerprint density at radius 3 is 2.70 bits per heavy atom. The first-order valence-corrected chi connectivity index (χ1v) is 6.29. The number of halogens is 2. The lowest BCUT2D eigenvalue weighted by atomic mass is 10.1. The second kappa shape index (κ2) is 5.52. The van der Waals surface area contributed by atoms with Gasteiger partial charge in [-0.2, -0.15) is 5.10 Å². The number of nitrogens with zero attached hydrogens (tertiary/aromatic N) is 3. The highest BCUT2D eigenvalue weighted by atomic mass is 19.3. The molecule has 0 aliphatic carbocycles. The van der Waals surface area contributed by atoms with Gasteiger partial charge >= 0.3 is 5.97 Å². The topological polar surface area (TPSA) is 56.5 Å². The molecule has 0 aliphatic rings. The highest BCUT2D eigenvalue weighted by molar-refractivity contribution is 5.90. The molecule has 2 heterocycles. The van der Waals surface area contributed by atoms with Crippen molar-refractivity contribution < 1.29 is 18.3 Å². The van der Waals surface area contributed by atoms with Gasteiger partial charge in [-0.25, -0.2) is 23.1 Å². The highest BCUT2D eigenvalue weighted by Crippen LogP contribution is 2.24. The number of ether oxygens (including phenoxy) is 1. The first-order chi connectivity index (χ1) is 9.45. The van der Waals surface area contributed by atoms with Gasteiger partial charge in [0, 0.05) is 12.3 Å². The highest BCUT2D eigenvalue weighted by Gasteiger charge is 2.22. The van der Waals surface area contributed by atoms with E-state index in [-0.39, 0.29) is 29.4 Å². The molecule has 0 fully saturated rings. The van der Waals surface area contributed by atoms with E-state index in [1.165, 1.54) is 16.8 Å². The summed E-state index contributed by atoms with van der Waals surface area (Å²) in [6.45, 7) is 5.62. The van der Waals surface area contributed by atoms with E-state index in [0.29, 0.717) is 5.69 Å². The maximum atomic E-state index is 12.7. The third-order valence-corrected chi connectivity index (χ3v) is 2.81. The zero-order valence-corrected chi connectivity index (χ0v) is 11.4. The molecule has 2 aromatic heterocycles. The largest absolute Gasteiger partial charge is 0.462 e. The Morgan fingerprint density at radius 2 is 2.15 bits per heavy atom. The second-order valence-corrected chi connectivity index (χ2v) is 4.57. The summed E-state index contributed by atoms with van der Waals surface area (Å²) in [4.78, 5) is 15.9. The molecule has 0 spiro atoms. The van der Waals surface area contributed by atoms with Gasteiger partial charge in [0.05, 0.1) is 17.9 Å². The number of alkyl halides is 2. The second-order valence-electron chi connectivity index (χ2n) is 4.57. The van der Waals surface area contributed by atoms with Crippen molar-refractivity contribution in [2.75, 3.05) is 6.61 Å². The van der Waals surface area contributed by atoms with E-state index < -0.39 is 12.4 Å². The van der Waals surface area contributed by atoms with Gasteiger partial charge < -0.3 is 4.74 Å². The standard InChI is InChI=1S/C13H15F2N3O2/c1-4-20-13(19)8-6-16-10-5-9(12(14)15)17-18(10)11(8)7(2)3/h5-7,12H,4H2,1-3H3. The molecule has 0 bridgehead atoms. The number of esters is 1. The van der Waals surface area contributed by atoms with Gasteiger partial charge in [0.15, 0.2) is 5.65 Å². The number of carbonyl (C=O) groups excluding carboxylic acids is 1. The minimum atomic E-state index is -2.68. The number of aromatic nitrogens is 3. The summed E-state index contributed by atoms with van der Waals surface area (Å²) < 4.78 is 31.7. The van der Waals surface area contributed by atoms with E-state index in [0.717, 1.165) is 0 Å². The number of hydrogen-bond acceptors (Lipinski definition) is 4. The van der Waals surface area contributed by atoms with Crippen LogP contribution in [0.25, 0.3) is 5.65 Å². The first kappa shape index (κ1) is 14.4. The first-order valence-electron chi connectivity index (χ1n) is 6.29. The zero-order chi connectivity index (χ0) is 14.9. The molecule has 0 unspecified atom stereocenters. The molecule has 7 heteroatoms. The normalized spacial score (nSPS) is 11.6. The molecule has 0 N–H and O–H groups in total. The van der Waals surface area contributed by atoms with Gasteiger partial charge in [-0.15, -0.1) is 0 Å².